The minimum atomic E-state index is -1.65. The van der Waals surface area contributed by atoms with E-state index in [9.17, 15) is 24.0 Å². The Hall–Kier alpha value is -4.79. The SMILES string of the molecule is CCOC(=O)[C@H](C[C@]1(c2ccccc2)C(=O)N(C(=O)OC(C)(C)C)c2ccc(C)cc21)N1C(=O)c2ccccc2C1=O. The Balaban J connectivity index is 1.73. The van der Waals surface area contributed by atoms with Gasteiger partial charge in [-0.2, -0.15) is 0 Å². The average molecular weight is 569 g/mol. The van der Waals surface area contributed by atoms with Crippen LogP contribution in [0.2, 0.25) is 0 Å². The summed E-state index contributed by atoms with van der Waals surface area (Å²) < 4.78 is 11.0. The van der Waals surface area contributed by atoms with E-state index in [1.54, 1.807) is 88.4 Å². The highest BCUT2D eigenvalue weighted by molar-refractivity contribution is 6.24. The highest BCUT2D eigenvalue weighted by Gasteiger charge is 2.58. The molecule has 0 spiro atoms. The summed E-state index contributed by atoms with van der Waals surface area (Å²) in [7, 11) is 0. The van der Waals surface area contributed by atoms with E-state index >= 15 is 0 Å². The van der Waals surface area contributed by atoms with Crippen LogP contribution in [0.5, 0.6) is 0 Å². The number of aryl methyl sites for hydroxylation is 1. The maximum absolute atomic E-state index is 14.7. The molecule has 9 nitrogen and oxygen atoms in total. The molecule has 5 rings (SSSR count). The van der Waals surface area contributed by atoms with Gasteiger partial charge in [-0.05, 0) is 63.9 Å². The van der Waals surface area contributed by atoms with Crippen molar-refractivity contribution in [3.8, 4) is 0 Å². The molecule has 0 saturated heterocycles. The lowest BCUT2D eigenvalue weighted by atomic mass is 9.70. The van der Waals surface area contributed by atoms with Gasteiger partial charge in [0.15, 0.2) is 0 Å². The molecule has 0 radical (unpaired) electrons. The van der Waals surface area contributed by atoms with E-state index in [-0.39, 0.29) is 24.2 Å². The number of benzene rings is 3. The van der Waals surface area contributed by atoms with Gasteiger partial charge in [0, 0.05) is 6.42 Å². The van der Waals surface area contributed by atoms with Crippen molar-refractivity contribution in [2.24, 2.45) is 0 Å². The molecule has 3 aromatic rings. The number of carbonyl (C=O) groups is 5. The molecule has 2 aliphatic rings. The lowest BCUT2D eigenvalue weighted by Crippen LogP contribution is -2.53. The first-order chi connectivity index (χ1) is 19.9. The Morgan fingerprint density at radius 1 is 0.881 bits per heavy atom. The molecule has 42 heavy (non-hydrogen) atoms. The predicted octanol–water partition coefficient (Wildman–Crippen LogP) is 5.18. The fourth-order valence-electron chi connectivity index (χ4n) is 5.71. The van der Waals surface area contributed by atoms with Crippen molar-refractivity contribution < 1.29 is 33.4 Å². The normalized spacial score (nSPS) is 18.5. The number of hydrogen-bond acceptors (Lipinski definition) is 7. The van der Waals surface area contributed by atoms with E-state index in [1.165, 1.54) is 12.1 Å². The number of anilines is 1. The van der Waals surface area contributed by atoms with Gasteiger partial charge in [-0.1, -0.05) is 60.2 Å². The van der Waals surface area contributed by atoms with Crippen LogP contribution in [0.3, 0.4) is 0 Å². The Bertz CT molecular complexity index is 1570. The van der Waals surface area contributed by atoms with Crippen LogP contribution in [0.4, 0.5) is 10.5 Å². The van der Waals surface area contributed by atoms with E-state index in [0.29, 0.717) is 16.8 Å². The molecule has 0 saturated carbocycles. The van der Waals surface area contributed by atoms with Crippen LogP contribution >= 0.6 is 0 Å². The molecule has 216 valence electrons. The first-order valence-electron chi connectivity index (χ1n) is 13.8. The van der Waals surface area contributed by atoms with Gasteiger partial charge in [-0.15, -0.1) is 0 Å². The molecule has 0 fully saturated rings. The fraction of sp³-hybridized carbons (Fsp3) is 0.303. The molecule has 2 aliphatic heterocycles. The zero-order valence-corrected chi connectivity index (χ0v) is 24.2. The number of ether oxygens (including phenoxy) is 2. The van der Waals surface area contributed by atoms with Gasteiger partial charge in [-0.25, -0.2) is 14.5 Å². The van der Waals surface area contributed by atoms with Gasteiger partial charge in [-0.3, -0.25) is 19.3 Å². The molecule has 3 aromatic carbocycles. The standard InChI is InChI=1S/C33H32N2O7/c1-6-41-29(38)26(34-27(36)22-14-10-11-15-23(22)28(34)37)19-33(21-12-8-7-9-13-21)24-18-20(2)16-17-25(24)35(30(33)39)31(40)42-32(3,4)5/h7-18,26H,6,19H2,1-5H3/t26-,33+/m0/s1. The number of carbonyl (C=O) groups excluding carboxylic acids is 5. The second kappa shape index (κ2) is 10.6. The summed E-state index contributed by atoms with van der Waals surface area (Å²) in [6, 6.07) is 18.8. The van der Waals surface area contributed by atoms with Gasteiger partial charge in [0.1, 0.15) is 17.1 Å². The third-order valence-corrected chi connectivity index (χ3v) is 7.46. The summed E-state index contributed by atoms with van der Waals surface area (Å²) in [6.45, 7) is 8.56. The highest BCUT2D eigenvalue weighted by Crippen LogP contribution is 2.50. The summed E-state index contributed by atoms with van der Waals surface area (Å²) in [5, 5.41) is 0. The van der Waals surface area contributed by atoms with Crippen molar-refractivity contribution in [1.82, 2.24) is 4.90 Å². The summed E-state index contributed by atoms with van der Waals surface area (Å²) >= 11 is 0. The third kappa shape index (κ3) is 4.64. The molecule has 9 heteroatoms. The lowest BCUT2D eigenvalue weighted by molar-refractivity contribution is -0.148. The monoisotopic (exact) mass is 568 g/mol. The first-order valence-corrected chi connectivity index (χ1v) is 13.8. The van der Waals surface area contributed by atoms with Crippen molar-refractivity contribution in [1.29, 1.82) is 0 Å². The van der Waals surface area contributed by atoms with Crippen LogP contribution < -0.4 is 4.90 Å². The molecule has 2 atom stereocenters. The first kappa shape index (κ1) is 28.7. The number of rotatable bonds is 6. The Labute approximate surface area is 244 Å². The zero-order chi connectivity index (χ0) is 30.4. The quantitative estimate of drug-likeness (QED) is 0.298. The number of imide groups is 2. The highest BCUT2D eigenvalue weighted by atomic mass is 16.6. The van der Waals surface area contributed by atoms with Crippen LogP contribution in [0.25, 0.3) is 0 Å². The molecule has 2 heterocycles. The second-order valence-electron chi connectivity index (χ2n) is 11.4. The third-order valence-electron chi connectivity index (χ3n) is 7.46. The Kier molecular flexibility index (Phi) is 7.22. The maximum atomic E-state index is 14.7. The predicted molar refractivity (Wildman–Crippen MR) is 154 cm³/mol. The molecule has 0 bridgehead atoms. The molecular formula is C33H32N2O7. The van der Waals surface area contributed by atoms with Crippen molar-refractivity contribution in [2.75, 3.05) is 11.5 Å². The van der Waals surface area contributed by atoms with E-state index in [1.807, 2.05) is 6.92 Å². The smallest absolute Gasteiger partial charge is 0.421 e. The van der Waals surface area contributed by atoms with E-state index < -0.39 is 46.8 Å². The Morgan fingerprint density at radius 2 is 1.48 bits per heavy atom. The summed E-state index contributed by atoms with van der Waals surface area (Å²) in [4.78, 5) is 71.0. The molecule has 0 N–H and O–H groups in total. The van der Waals surface area contributed by atoms with Crippen molar-refractivity contribution in [3.63, 3.8) is 0 Å². The zero-order valence-electron chi connectivity index (χ0n) is 24.2. The van der Waals surface area contributed by atoms with Gasteiger partial charge < -0.3 is 9.47 Å². The number of nitrogens with zero attached hydrogens (tertiary/aromatic N) is 2. The van der Waals surface area contributed by atoms with Crippen LogP contribution in [-0.4, -0.2) is 52.9 Å². The summed E-state index contributed by atoms with van der Waals surface area (Å²) in [5.41, 5.74) is -0.172. The largest absolute Gasteiger partial charge is 0.464 e. The fourth-order valence-corrected chi connectivity index (χ4v) is 5.71. The molecule has 0 aliphatic carbocycles. The Morgan fingerprint density at radius 3 is 2.05 bits per heavy atom. The van der Waals surface area contributed by atoms with Crippen LogP contribution in [0.15, 0.2) is 72.8 Å². The number of hydrogen-bond donors (Lipinski definition) is 0. The van der Waals surface area contributed by atoms with E-state index in [2.05, 4.69) is 0 Å². The second-order valence-corrected chi connectivity index (χ2v) is 11.4. The van der Waals surface area contributed by atoms with Crippen LogP contribution in [0, 0.1) is 6.92 Å². The van der Waals surface area contributed by atoms with Crippen molar-refractivity contribution in [2.45, 2.75) is 58.1 Å². The number of amides is 4. The topological polar surface area (TPSA) is 110 Å². The van der Waals surface area contributed by atoms with Crippen LogP contribution in [-0.2, 0) is 24.5 Å². The average Bonchev–Trinajstić information content (AvgIpc) is 3.34. The van der Waals surface area contributed by atoms with Gasteiger partial charge in [0.2, 0.25) is 0 Å². The van der Waals surface area contributed by atoms with Gasteiger partial charge >= 0.3 is 12.1 Å². The minimum absolute atomic E-state index is 0.00941. The molecular weight excluding hydrogens is 536 g/mol. The maximum Gasteiger partial charge on any atom is 0.421 e. The minimum Gasteiger partial charge on any atom is -0.464 e. The molecule has 0 aromatic heterocycles. The van der Waals surface area contributed by atoms with E-state index in [4.69, 9.17) is 9.47 Å². The molecule has 0 unspecified atom stereocenters. The summed E-state index contributed by atoms with van der Waals surface area (Å²) in [6.07, 6.45) is -1.22. The number of fused-ring (bicyclic) bond motifs is 2. The van der Waals surface area contributed by atoms with Crippen LogP contribution in [0.1, 0.15) is 71.5 Å². The van der Waals surface area contributed by atoms with Gasteiger partial charge in [0.25, 0.3) is 17.7 Å². The van der Waals surface area contributed by atoms with Crippen molar-refractivity contribution in [3.05, 3.63) is 101 Å². The van der Waals surface area contributed by atoms with Gasteiger partial charge in [0.05, 0.1) is 23.4 Å². The lowest BCUT2D eigenvalue weighted by Gasteiger charge is -2.35. The molecule has 4 amide bonds. The van der Waals surface area contributed by atoms with E-state index in [0.717, 1.165) is 15.4 Å². The number of esters is 1. The summed E-state index contributed by atoms with van der Waals surface area (Å²) in [5.74, 6) is -2.80. The van der Waals surface area contributed by atoms with Crippen molar-refractivity contribution >= 4 is 35.5 Å².